The third-order valence-electron chi connectivity index (χ3n) is 3.59. The summed E-state index contributed by atoms with van der Waals surface area (Å²) in [5.74, 6) is 0.423. The minimum Gasteiger partial charge on any atom is -0.484 e. The van der Waals surface area contributed by atoms with E-state index in [0.717, 1.165) is 25.8 Å². The molecule has 6 heteroatoms. The van der Waals surface area contributed by atoms with Gasteiger partial charge < -0.3 is 20.3 Å². The quantitative estimate of drug-likeness (QED) is 0.858. The van der Waals surface area contributed by atoms with Gasteiger partial charge in [0, 0.05) is 25.8 Å². The Hall–Kier alpha value is -2.08. The van der Waals surface area contributed by atoms with E-state index in [9.17, 15) is 9.59 Å². The Labute approximate surface area is 130 Å². The molecule has 0 radical (unpaired) electrons. The summed E-state index contributed by atoms with van der Waals surface area (Å²) in [6.45, 7) is 0.864. The molecule has 1 atom stereocenters. The molecule has 6 nitrogen and oxygen atoms in total. The van der Waals surface area contributed by atoms with E-state index in [4.69, 9.17) is 4.74 Å². The zero-order valence-corrected chi connectivity index (χ0v) is 13.1. The van der Waals surface area contributed by atoms with Gasteiger partial charge in [-0.2, -0.15) is 0 Å². The van der Waals surface area contributed by atoms with Crippen LogP contribution in [0.1, 0.15) is 19.3 Å². The van der Waals surface area contributed by atoms with E-state index in [2.05, 4.69) is 10.6 Å². The molecular weight excluding hydrogens is 282 g/mol. The number of hydrogen-bond donors (Lipinski definition) is 2. The molecule has 2 rings (SSSR count). The van der Waals surface area contributed by atoms with E-state index in [-0.39, 0.29) is 24.5 Å². The van der Waals surface area contributed by atoms with Gasteiger partial charge in [-0.05, 0) is 31.5 Å². The Balaban J connectivity index is 1.90. The van der Waals surface area contributed by atoms with Crippen molar-refractivity contribution in [1.82, 2.24) is 10.2 Å². The zero-order valence-electron chi connectivity index (χ0n) is 13.1. The van der Waals surface area contributed by atoms with Crippen LogP contribution in [0.4, 0.5) is 5.69 Å². The number of nitrogens with one attached hydrogen (secondary N) is 2. The lowest BCUT2D eigenvalue weighted by Crippen LogP contribution is -2.43. The standard InChI is InChI=1S/C16H23N3O3/c1-19(2)15(20)11-22-13-7-5-6-12(10-13)18-16(21)14-8-3-4-9-17-14/h5-7,10,14,17H,3-4,8-9,11H2,1-2H3,(H,18,21). The molecule has 2 N–H and O–H groups in total. The SMILES string of the molecule is CN(C)C(=O)COc1cccc(NC(=O)C2CCCCN2)c1. The molecule has 0 bridgehead atoms. The molecule has 0 saturated carbocycles. The van der Waals surface area contributed by atoms with Gasteiger partial charge in [0.1, 0.15) is 5.75 Å². The van der Waals surface area contributed by atoms with Crippen LogP contribution in [0.5, 0.6) is 5.75 Å². The molecule has 0 aromatic heterocycles. The number of ether oxygens (including phenoxy) is 1. The molecule has 2 amide bonds. The molecule has 1 unspecified atom stereocenters. The van der Waals surface area contributed by atoms with Crippen molar-refractivity contribution in [2.75, 3.05) is 32.6 Å². The van der Waals surface area contributed by atoms with Gasteiger partial charge in [0.25, 0.3) is 5.91 Å². The fourth-order valence-corrected chi connectivity index (χ4v) is 2.24. The van der Waals surface area contributed by atoms with Gasteiger partial charge in [0.15, 0.2) is 6.61 Å². The maximum Gasteiger partial charge on any atom is 0.259 e. The van der Waals surface area contributed by atoms with Gasteiger partial charge in [-0.1, -0.05) is 12.5 Å². The second kappa shape index (κ2) is 7.79. The smallest absolute Gasteiger partial charge is 0.259 e. The van der Waals surface area contributed by atoms with Crippen molar-refractivity contribution in [3.05, 3.63) is 24.3 Å². The monoisotopic (exact) mass is 305 g/mol. The fraction of sp³-hybridized carbons (Fsp3) is 0.500. The molecule has 1 aliphatic rings. The van der Waals surface area contributed by atoms with Crippen LogP contribution in [0.2, 0.25) is 0 Å². The van der Waals surface area contributed by atoms with Gasteiger partial charge in [0.05, 0.1) is 6.04 Å². The van der Waals surface area contributed by atoms with Crippen molar-refractivity contribution in [3.8, 4) is 5.75 Å². The fourth-order valence-electron chi connectivity index (χ4n) is 2.24. The second-order valence-corrected chi connectivity index (χ2v) is 5.60. The molecule has 1 aliphatic heterocycles. The van der Waals surface area contributed by atoms with Gasteiger partial charge in [0.2, 0.25) is 5.91 Å². The molecule has 1 aromatic carbocycles. The summed E-state index contributed by atoms with van der Waals surface area (Å²) in [4.78, 5) is 25.1. The molecule has 0 aliphatic carbocycles. The van der Waals surface area contributed by atoms with Crippen LogP contribution in [0.3, 0.4) is 0 Å². The van der Waals surface area contributed by atoms with Crippen LogP contribution >= 0.6 is 0 Å². The summed E-state index contributed by atoms with van der Waals surface area (Å²) in [6, 6.07) is 6.95. The van der Waals surface area contributed by atoms with E-state index in [1.807, 2.05) is 0 Å². The van der Waals surface area contributed by atoms with Crippen LogP contribution in [0.15, 0.2) is 24.3 Å². The zero-order chi connectivity index (χ0) is 15.9. The largest absolute Gasteiger partial charge is 0.484 e. The molecule has 1 fully saturated rings. The van der Waals surface area contributed by atoms with E-state index in [1.165, 1.54) is 4.90 Å². The number of nitrogens with zero attached hydrogens (tertiary/aromatic N) is 1. The summed E-state index contributed by atoms with van der Waals surface area (Å²) >= 11 is 0. The maximum atomic E-state index is 12.2. The summed E-state index contributed by atoms with van der Waals surface area (Å²) in [5, 5.41) is 6.10. The van der Waals surface area contributed by atoms with Crippen molar-refractivity contribution >= 4 is 17.5 Å². The Morgan fingerprint density at radius 3 is 2.86 bits per heavy atom. The van der Waals surface area contributed by atoms with Crippen LogP contribution in [-0.2, 0) is 9.59 Å². The van der Waals surface area contributed by atoms with Crippen molar-refractivity contribution in [3.63, 3.8) is 0 Å². The van der Waals surface area contributed by atoms with Crippen LogP contribution < -0.4 is 15.4 Å². The molecular formula is C16H23N3O3. The predicted octanol–water partition coefficient (Wildman–Crippen LogP) is 1.23. The molecule has 0 spiro atoms. The number of anilines is 1. The van der Waals surface area contributed by atoms with Gasteiger partial charge in [-0.25, -0.2) is 0 Å². The lowest BCUT2D eigenvalue weighted by molar-refractivity contribution is -0.130. The molecule has 22 heavy (non-hydrogen) atoms. The number of likely N-dealkylation sites (N-methyl/N-ethyl adjacent to an activating group) is 1. The van der Waals surface area contributed by atoms with Crippen molar-refractivity contribution in [2.45, 2.75) is 25.3 Å². The minimum absolute atomic E-state index is 0.0193. The number of carbonyl (C=O) groups excluding carboxylic acids is 2. The third kappa shape index (κ3) is 4.73. The minimum atomic E-state index is -0.131. The highest BCUT2D eigenvalue weighted by Gasteiger charge is 2.20. The molecule has 1 aromatic rings. The Kier molecular flexibility index (Phi) is 5.77. The highest BCUT2D eigenvalue weighted by Crippen LogP contribution is 2.18. The van der Waals surface area contributed by atoms with Crippen LogP contribution in [-0.4, -0.2) is 50.0 Å². The van der Waals surface area contributed by atoms with Gasteiger partial charge in [-0.15, -0.1) is 0 Å². The number of rotatable bonds is 5. The number of piperidine rings is 1. The summed E-state index contributed by atoms with van der Waals surface area (Å²) in [6.07, 6.45) is 3.05. The average Bonchev–Trinajstić information content (AvgIpc) is 2.53. The summed E-state index contributed by atoms with van der Waals surface area (Å²) in [5.41, 5.74) is 0.673. The molecule has 1 saturated heterocycles. The Bertz CT molecular complexity index is 525. The van der Waals surface area contributed by atoms with Gasteiger partial charge in [-0.3, -0.25) is 9.59 Å². The predicted molar refractivity (Wildman–Crippen MR) is 84.9 cm³/mol. The first-order valence-corrected chi connectivity index (χ1v) is 7.53. The lowest BCUT2D eigenvalue weighted by atomic mass is 10.0. The van der Waals surface area contributed by atoms with Crippen LogP contribution in [0, 0.1) is 0 Å². The first-order valence-electron chi connectivity index (χ1n) is 7.53. The molecule has 1 heterocycles. The first kappa shape index (κ1) is 16.3. The normalized spacial score (nSPS) is 17.6. The number of amides is 2. The second-order valence-electron chi connectivity index (χ2n) is 5.60. The van der Waals surface area contributed by atoms with Crippen LogP contribution in [0.25, 0.3) is 0 Å². The number of carbonyl (C=O) groups is 2. The Morgan fingerprint density at radius 1 is 1.36 bits per heavy atom. The van der Waals surface area contributed by atoms with Crippen molar-refractivity contribution < 1.29 is 14.3 Å². The number of hydrogen-bond acceptors (Lipinski definition) is 4. The van der Waals surface area contributed by atoms with Gasteiger partial charge >= 0.3 is 0 Å². The first-order chi connectivity index (χ1) is 10.6. The van der Waals surface area contributed by atoms with Crippen molar-refractivity contribution in [1.29, 1.82) is 0 Å². The summed E-state index contributed by atoms with van der Waals surface area (Å²) < 4.78 is 5.44. The lowest BCUT2D eigenvalue weighted by Gasteiger charge is -2.22. The third-order valence-corrected chi connectivity index (χ3v) is 3.59. The summed E-state index contributed by atoms with van der Waals surface area (Å²) in [7, 11) is 3.36. The van der Waals surface area contributed by atoms with E-state index in [0.29, 0.717) is 11.4 Å². The van der Waals surface area contributed by atoms with Crippen molar-refractivity contribution in [2.24, 2.45) is 0 Å². The highest BCUT2D eigenvalue weighted by molar-refractivity contribution is 5.95. The maximum absolute atomic E-state index is 12.2. The average molecular weight is 305 g/mol. The number of benzene rings is 1. The van der Waals surface area contributed by atoms with E-state index < -0.39 is 0 Å². The highest BCUT2D eigenvalue weighted by atomic mass is 16.5. The van der Waals surface area contributed by atoms with E-state index in [1.54, 1.807) is 38.4 Å². The topological polar surface area (TPSA) is 70.7 Å². The molecule has 120 valence electrons. The van der Waals surface area contributed by atoms with E-state index >= 15 is 0 Å². The Morgan fingerprint density at radius 2 is 2.18 bits per heavy atom.